The summed E-state index contributed by atoms with van der Waals surface area (Å²) in [4.78, 5) is 12.9. The number of benzene rings is 3. The molecule has 0 heterocycles. The fourth-order valence-electron chi connectivity index (χ4n) is 7.48. The highest BCUT2D eigenvalue weighted by atomic mass is 16.5. The zero-order valence-electron chi connectivity index (χ0n) is 36.1. The second kappa shape index (κ2) is 31.9. The third-order valence-corrected chi connectivity index (χ3v) is 11.3. The van der Waals surface area contributed by atoms with Crippen LogP contribution in [0.15, 0.2) is 72.8 Å². The standard InChI is InChI=1S/C52H80O4/c1-4-6-8-10-12-14-16-18-20-21-23-25-27-29-43-54-45(3)46-35-41-51(42-36-46)56-52(53)49-33-31-47(32-34-49)48-37-39-50(40-38-48)55-44-30-28-26-24-22-19-17-15-13-11-9-7-5-2/h31-42,45H,4-30,43-44H2,1-3H3. The Bertz CT molecular complexity index is 1350. The molecule has 3 aromatic carbocycles. The third kappa shape index (κ3) is 22.0. The van der Waals surface area contributed by atoms with Crippen molar-refractivity contribution in [2.24, 2.45) is 0 Å². The Labute approximate surface area is 343 Å². The van der Waals surface area contributed by atoms with Crippen molar-refractivity contribution in [3.05, 3.63) is 83.9 Å². The number of unbranched alkanes of at least 4 members (excludes halogenated alkanes) is 25. The van der Waals surface area contributed by atoms with E-state index < -0.39 is 0 Å². The van der Waals surface area contributed by atoms with Gasteiger partial charge in [0.1, 0.15) is 11.5 Å². The normalized spacial score (nSPS) is 11.8. The maximum absolute atomic E-state index is 12.9. The summed E-state index contributed by atoms with van der Waals surface area (Å²) in [7, 11) is 0. The lowest BCUT2D eigenvalue weighted by atomic mass is 10.0. The van der Waals surface area contributed by atoms with E-state index in [1.807, 2.05) is 60.7 Å². The summed E-state index contributed by atoms with van der Waals surface area (Å²) in [6.45, 7) is 8.21. The van der Waals surface area contributed by atoms with Crippen LogP contribution in [0.25, 0.3) is 11.1 Å². The molecule has 1 unspecified atom stereocenters. The van der Waals surface area contributed by atoms with E-state index >= 15 is 0 Å². The highest BCUT2D eigenvalue weighted by Gasteiger charge is 2.11. The Morgan fingerprint density at radius 2 is 0.786 bits per heavy atom. The average Bonchev–Trinajstić information content (AvgIpc) is 3.23. The maximum Gasteiger partial charge on any atom is 0.343 e. The van der Waals surface area contributed by atoms with E-state index in [1.165, 1.54) is 161 Å². The van der Waals surface area contributed by atoms with Gasteiger partial charge in [-0.3, -0.25) is 0 Å². The first kappa shape index (κ1) is 47.3. The predicted octanol–water partition coefficient (Wildman–Crippen LogP) is 16.6. The number of carbonyl (C=O) groups is 1. The van der Waals surface area contributed by atoms with Crippen LogP contribution in [0.1, 0.15) is 216 Å². The van der Waals surface area contributed by atoms with Gasteiger partial charge in [0.15, 0.2) is 0 Å². The van der Waals surface area contributed by atoms with Gasteiger partial charge >= 0.3 is 5.97 Å². The molecule has 0 aromatic heterocycles. The monoisotopic (exact) mass is 769 g/mol. The first-order chi connectivity index (χ1) is 27.6. The Morgan fingerprint density at radius 3 is 1.21 bits per heavy atom. The van der Waals surface area contributed by atoms with Gasteiger partial charge in [-0.2, -0.15) is 0 Å². The Morgan fingerprint density at radius 1 is 0.429 bits per heavy atom. The van der Waals surface area contributed by atoms with Crippen LogP contribution < -0.4 is 9.47 Å². The molecule has 4 heteroatoms. The first-order valence-electron chi connectivity index (χ1n) is 23.4. The first-order valence-corrected chi connectivity index (χ1v) is 23.4. The number of rotatable bonds is 35. The van der Waals surface area contributed by atoms with Gasteiger partial charge < -0.3 is 14.2 Å². The van der Waals surface area contributed by atoms with Crippen LogP contribution in [0.5, 0.6) is 11.5 Å². The van der Waals surface area contributed by atoms with Gasteiger partial charge in [-0.15, -0.1) is 0 Å². The number of esters is 1. The van der Waals surface area contributed by atoms with E-state index in [0.29, 0.717) is 11.3 Å². The van der Waals surface area contributed by atoms with Crippen molar-refractivity contribution in [1.82, 2.24) is 0 Å². The van der Waals surface area contributed by atoms with Crippen molar-refractivity contribution in [2.45, 2.75) is 200 Å². The molecule has 1 atom stereocenters. The van der Waals surface area contributed by atoms with Crippen LogP contribution in [-0.2, 0) is 4.74 Å². The van der Waals surface area contributed by atoms with Crippen LogP contribution in [0, 0.1) is 0 Å². The summed E-state index contributed by atoms with van der Waals surface area (Å²) in [5.41, 5.74) is 3.77. The molecule has 3 aromatic rings. The highest BCUT2D eigenvalue weighted by Crippen LogP contribution is 2.25. The smallest absolute Gasteiger partial charge is 0.343 e. The summed E-state index contributed by atoms with van der Waals surface area (Å²) < 4.78 is 17.8. The van der Waals surface area contributed by atoms with E-state index in [2.05, 4.69) is 32.9 Å². The molecule has 0 spiro atoms. The van der Waals surface area contributed by atoms with Crippen molar-refractivity contribution < 1.29 is 19.0 Å². The quantitative estimate of drug-likeness (QED) is 0.0340. The molecular weight excluding hydrogens is 689 g/mol. The lowest BCUT2D eigenvalue weighted by Gasteiger charge is -2.14. The zero-order chi connectivity index (χ0) is 39.7. The van der Waals surface area contributed by atoms with Gasteiger partial charge in [0.2, 0.25) is 0 Å². The highest BCUT2D eigenvalue weighted by molar-refractivity contribution is 5.91. The minimum absolute atomic E-state index is 0.0129. The van der Waals surface area contributed by atoms with Crippen molar-refractivity contribution in [1.29, 1.82) is 0 Å². The zero-order valence-corrected chi connectivity index (χ0v) is 36.1. The molecule has 4 nitrogen and oxygen atoms in total. The van der Waals surface area contributed by atoms with Crippen LogP contribution in [0.4, 0.5) is 0 Å². The molecule has 0 amide bonds. The Balaban J connectivity index is 1.22. The summed E-state index contributed by atoms with van der Waals surface area (Å²) in [6, 6.07) is 23.6. The van der Waals surface area contributed by atoms with Gasteiger partial charge in [0.05, 0.1) is 18.3 Å². The molecule has 0 radical (unpaired) electrons. The van der Waals surface area contributed by atoms with Crippen molar-refractivity contribution in [2.75, 3.05) is 13.2 Å². The predicted molar refractivity (Wildman–Crippen MR) is 239 cm³/mol. The van der Waals surface area contributed by atoms with Gasteiger partial charge in [-0.05, 0) is 72.9 Å². The van der Waals surface area contributed by atoms with Crippen LogP contribution >= 0.6 is 0 Å². The van der Waals surface area contributed by atoms with E-state index in [4.69, 9.17) is 14.2 Å². The molecule has 0 fully saturated rings. The number of hydrogen-bond donors (Lipinski definition) is 0. The summed E-state index contributed by atoms with van der Waals surface area (Å²) in [5, 5.41) is 0. The van der Waals surface area contributed by atoms with E-state index in [0.717, 1.165) is 48.5 Å². The molecular formula is C52H80O4. The van der Waals surface area contributed by atoms with Gasteiger partial charge in [-0.25, -0.2) is 4.79 Å². The topological polar surface area (TPSA) is 44.8 Å². The summed E-state index contributed by atoms with van der Waals surface area (Å²) in [6.07, 6.45) is 36.7. The average molecular weight is 769 g/mol. The van der Waals surface area contributed by atoms with Crippen molar-refractivity contribution in [3.63, 3.8) is 0 Å². The van der Waals surface area contributed by atoms with Crippen LogP contribution in [0.3, 0.4) is 0 Å². The fourth-order valence-corrected chi connectivity index (χ4v) is 7.48. The molecule has 3 rings (SSSR count). The second-order valence-electron chi connectivity index (χ2n) is 16.3. The number of ether oxygens (including phenoxy) is 3. The molecule has 0 aliphatic heterocycles. The van der Waals surface area contributed by atoms with Crippen LogP contribution in [-0.4, -0.2) is 19.2 Å². The van der Waals surface area contributed by atoms with Gasteiger partial charge in [0.25, 0.3) is 0 Å². The minimum atomic E-state index is -0.358. The molecule has 0 aliphatic rings. The second-order valence-corrected chi connectivity index (χ2v) is 16.3. The van der Waals surface area contributed by atoms with E-state index in [9.17, 15) is 4.79 Å². The Hall–Kier alpha value is -3.11. The summed E-state index contributed by atoms with van der Waals surface area (Å²) in [5.74, 6) is 1.09. The SMILES string of the molecule is CCCCCCCCCCCCCCCCOC(C)c1ccc(OC(=O)c2ccc(-c3ccc(OCCCCCCCCCCCCCCC)cc3)cc2)cc1. The molecule has 0 saturated carbocycles. The molecule has 0 saturated heterocycles. The van der Waals surface area contributed by atoms with Crippen molar-refractivity contribution in [3.8, 4) is 22.6 Å². The van der Waals surface area contributed by atoms with E-state index in [-0.39, 0.29) is 12.1 Å². The van der Waals surface area contributed by atoms with Crippen molar-refractivity contribution >= 4 is 5.97 Å². The maximum atomic E-state index is 12.9. The van der Waals surface area contributed by atoms with Crippen LogP contribution in [0.2, 0.25) is 0 Å². The third-order valence-electron chi connectivity index (χ3n) is 11.3. The molecule has 0 bridgehead atoms. The lowest BCUT2D eigenvalue weighted by molar-refractivity contribution is 0.0627. The number of hydrogen-bond acceptors (Lipinski definition) is 4. The molecule has 312 valence electrons. The Kier molecular flexibility index (Phi) is 26.9. The van der Waals surface area contributed by atoms with Gasteiger partial charge in [-0.1, -0.05) is 211 Å². The number of carbonyl (C=O) groups excluding carboxylic acids is 1. The van der Waals surface area contributed by atoms with E-state index in [1.54, 1.807) is 0 Å². The lowest BCUT2D eigenvalue weighted by Crippen LogP contribution is -2.08. The fraction of sp³-hybridized carbons (Fsp3) is 0.635. The van der Waals surface area contributed by atoms with Gasteiger partial charge in [0, 0.05) is 6.61 Å². The molecule has 0 aliphatic carbocycles. The summed E-state index contributed by atoms with van der Waals surface area (Å²) >= 11 is 0. The molecule has 56 heavy (non-hydrogen) atoms. The molecule has 0 N–H and O–H groups in total. The minimum Gasteiger partial charge on any atom is -0.494 e. The largest absolute Gasteiger partial charge is 0.494 e.